The van der Waals surface area contributed by atoms with E-state index in [1.807, 2.05) is 0 Å². The number of carbonyl (C=O) groups is 1. The van der Waals surface area contributed by atoms with Crippen molar-refractivity contribution >= 4 is 69.3 Å². The molecular weight excluding hydrogens is 363 g/mol. The zero-order chi connectivity index (χ0) is 16.3. The second kappa shape index (κ2) is 7.29. The number of hydrogen-bond donors (Lipinski definition) is 2. The number of carbonyl (C=O) groups excluding carboxylic acids is 1. The Morgan fingerprint density at radius 1 is 0.955 bits per heavy atom. The van der Waals surface area contributed by atoms with Gasteiger partial charge in [-0.1, -0.05) is 34.8 Å². The van der Waals surface area contributed by atoms with E-state index in [1.54, 1.807) is 30.3 Å². The lowest BCUT2D eigenvalue weighted by Crippen LogP contribution is -2.19. The summed E-state index contributed by atoms with van der Waals surface area (Å²) in [6.45, 7) is 1.51. The van der Waals surface area contributed by atoms with Crippen molar-refractivity contribution in [2.45, 2.75) is 6.92 Å². The Morgan fingerprint density at radius 2 is 1.55 bits per heavy atom. The van der Waals surface area contributed by atoms with E-state index in [0.717, 1.165) is 5.69 Å². The Bertz CT molecular complexity index is 732. The first-order valence-electron chi connectivity index (χ1n) is 6.20. The molecule has 0 bridgehead atoms. The quantitative estimate of drug-likeness (QED) is 0.414. The minimum absolute atomic E-state index is 0.00911. The number of halogens is 3. The molecule has 0 saturated heterocycles. The molecule has 0 heterocycles. The number of Topliss-reactive ketones (excluding diaryl/α,β-unsaturated/α-hetero) is 1. The van der Waals surface area contributed by atoms with Crippen LogP contribution in [0, 0.1) is 0 Å². The molecule has 2 aromatic carbocycles. The maximum absolute atomic E-state index is 11.2. The molecule has 2 rings (SSSR count). The van der Waals surface area contributed by atoms with Crippen molar-refractivity contribution in [3.8, 4) is 0 Å². The van der Waals surface area contributed by atoms with Crippen molar-refractivity contribution in [3.63, 3.8) is 0 Å². The maximum Gasteiger partial charge on any atom is 0.175 e. The Kier molecular flexibility index (Phi) is 5.64. The third kappa shape index (κ3) is 4.34. The molecule has 0 aliphatic heterocycles. The Hall–Kier alpha value is -1.33. The largest absolute Gasteiger partial charge is 0.332 e. The monoisotopic (exact) mass is 372 g/mol. The molecular formula is C15H11Cl3N2OS. The van der Waals surface area contributed by atoms with Crippen LogP contribution in [-0.2, 0) is 0 Å². The predicted molar refractivity (Wildman–Crippen MR) is 97.8 cm³/mol. The molecule has 0 amide bonds. The molecule has 0 unspecified atom stereocenters. The van der Waals surface area contributed by atoms with Crippen LogP contribution >= 0.6 is 47.0 Å². The van der Waals surface area contributed by atoms with E-state index in [-0.39, 0.29) is 5.78 Å². The van der Waals surface area contributed by atoms with Gasteiger partial charge in [0.25, 0.3) is 0 Å². The zero-order valence-electron chi connectivity index (χ0n) is 11.4. The van der Waals surface area contributed by atoms with Gasteiger partial charge in [-0.05, 0) is 55.5 Å². The van der Waals surface area contributed by atoms with Crippen LogP contribution < -0.4 is 10.6 Å². The van der Waals surface area contributed by atoms with Gasteiger partial charge in [-0.3, -0.25) is 4.79 Å². The van der Waals surface area contributed by atoms with Gasteiger partial charge in [-0.2, -0.15) is 0 Å². The molecule has 0 aliphatic carbocycles. The molecule has 22 heavy (non-hydrogen) atoms. The molecule has 3 nitrogen and oxygen atoms in total. The molecule has 0 radical (unpaired) electrons. The van der Waals surface area contributed by atoms with Gasteiger partial charge in [0.05, 0.1) is 20.8 Å². The van der Waals surface area contributed by atoms with E-state index in [2.05, 4.69) is 10.6 Å². The molecule has 2 aromatic rings. The van der Waals surface area contributed by atoms with Crippen LogP contribution in [0.5, 0.6) is 0 Å². The fourth-order valence-electron chi connectivity index (χ4n) is 1.69. The van der Waals surface area contributed by atoms with Gasteiger partial charge in [-0.15, -0.1) is 0 Å². The van der Waals surface area contributed by atoms with E-state index in [0.29, 0.717) is 31.4 Å². The molecule has 0 saturated carbocycles. The number of ketones is 1. The van der Waals surface area contributed by atoms with E-state index in [9.17, 15) is 4.79 Å². The second-order valence-corrected chi connectivity index (χ2v) is 6.09. The molecule has 0 atom stereocenters. The molecule has 0 aromatic heterocycles. The van der Waals surface area contributed by atoms with Gasteiger partial charge in [-0.25, -0.2) is 0 Å². The van der Waals surface area contributed by atoms with Gasteiger partial charge >= 0.3 is 0 Å². The number of hydrogen-bond acceptors (Lipinski definition) is 2. The van der Waals surface area contributed by atoms with E-state index in [1.165, 1.54) is 13.0 Å². The molecule has 7 heteroatoms. The second-order valence-electron chi connectivity index (χ2n) is 4.46. The van der Waals surface area contributed by atoms with Crippen LogP contribution in [0.25, 0.3) is 0 Å². The lowest BCUT2D eigenvalue weighted by molar-refractivity contribution is 0.101. The van der Waals surface area contributed by atoms with Crippen molar-refractivity contribution in [2.24, 2.45) is 0 Å². The summed E-state index contributed by atoms with van der Waals surface area (Å²) >= 11 is 23.1. The van der Waals surface area contributed by atoms with E-state index < -0.39 is 0 Å². The highest BCUT2D eigenvalue weighted by Gasteiger charge is 2.08. The first kappa shape index (κ1) is 17.0. The summed E-state index contributed by atoms with van der Waals surface area (Å²) in [5.74, 6) is 0.00911. The van der Waals surface area contributed by atoms with E-state index in [4.69, 9.17) is 47.0 Å². The fourth-order valence-corrected chi connectivity index (χ4v) is 2.51. The SMILES string of the molecule is CC(=O)c1ccc(NC(=S)Nc2cc(Cl)c(Cl)cc2Cl)cc1. The number of rotatable bonds is 3. The minimum atomic E-state index is 0.00911. The van der Waals surface area contributed by atoms with E-state index >= 15 is 0 Å². The smallest absolute Gasteiger partial charge is 0.175 e. The lowest BCUT2D eigenvalue weighted by Gasteiger charge is -2.12. The third-order valence-electron chi connectivity index (χ3n) is 2.81. The highest BCUT2D eigenvalue weighted by atomic mass is 35.5. The number of nitrogens with one attached hydrogen (secondary N) is 2. The van der Waals surface area contributed by atoms with Gasteiger partial charge in [0.1, 0.15) is 0 Å². The van der Waals surface area contributed by atoms with Crippen molar-refractivity contribution in [3.05, 3.63) is 57.0 Å². The van der Waals surface area contributed by atoms with Crippen LogP contribution in [0.4, 0.5) is 11.4 Å². The summed E-state index contributed by atoms with van der Waals surface area (Å²) in [5, 5.41) is 7.43. The van der Waals surface area contributed by atoms with Crippen LogP contribution in [0.2, 0.25) is 15.1 Å². The molecule has 114 valence electrons. The predicted octanol–water partition coefficient (Wildman–Crippen LogP) is 5.66. The summed E-state index contributed by atoms with van der Waals surface area (Å²) in [5.41, 5.74) is 1.93. The molecule has 0 fully saturated rings. The number of anilines is 2. The number of thiocarbonyl (C=S) groups is 1. The molecule has 0 spiro atoms. The highest BCUT2D eigenvalue weighted by Crippen LogP contribution is 2.32. The summed E-state index contributed by atoms with van der Waals surface area (Å²) < 4.78 is 0. The normalized spacial score (nSPS) is 10.2. The summed E-state index contributed by atoms with van der Waals surface area (Å²) in [6.07, 6.45) is 0. The van der Waals surface area contributed by atoms with Gasteiger partial charge in [0, 0.05) is 11.3 Å². The van der Waals surface area contributed by atoms with Crippen molar-refractivity contribution in [1.82, 2.24) is 0 Å². The van der Waals surface area contributed by atoms with Gasteiger partial charge < -0.3 is 10.6 Å². The lowest BCUT2D eigenvalue weighted by atomic mass is 10.1. The zero-order valence-corrected chi connectivity index (χ0v) is 14.5. The van der Waals surface area contributed by atoms with Crippen LogP contribution in [0.15, 0.2) is 36.4 Å². The fraction of sp³-hybridized carbons (Fsp3) is 0.0667. The first-order chi connectivity index (χ1) is 10.4. The third-order valence-corrected chi connectivity index (χ3v) is 4.05. The highest BCUT2D eigenvalue weighted by molar-refractivity contribution is 7.80. The number of benzene rings is 2. The maximum atomic E-state index is 11.2. The minimum Gasteiger partial charge on any atom is -0.332 e. The molecule has 2 N–H and O–H groups in total. The van der Waals surface area contributed by atoms with Crippen LogP contribution in [0.3, 0.4) is 0 Å². The van der Waals surface area contributed by atoms with Crippen LogP contribution in [0.1, 0.15) is 17.3 Å². The Labute approximate surface area is 148 Å². The summed E-state index contributed by atoms with van der Waals surface area (Å²) in [6, 6.07) is 10.1. The topological polar surface area (TPSA) is 41.1 Å². The Balaban J connectivity index is 2.07. The summed E-state index contributed by atoms with van der Waals surface area (Å²) in [4.78, 5) is 11.2. The van der Waals surface area contributed by atoms with Crippen molar-refractivity contribution in [1.29, 1.82) is 0 Å². The van der Waals surface area contributed by atoms with Crippen molar-refractivity contribution in [2.75, 3.05) is 10.6 Å². The van der Waals surface area contributed by atoms with Gasteiger partial charge in [0.15, 0.2) is 10.9 Å². The standard InChI is InChI=1S/C15H11Cl3N2OS/c1-8(21)9-2-4-10(5-3-9)19-15(22)20-14-7-12(17)11(16)6-13(14)18/h2-7H,1H3,(H2,19,20,22). The average Bonchev–Trinajstić information content (AvgIpc) is 2.45. The summed E-state index contributed by atoms with van der Waals surface area (Å²) in [7, 11) is 0. The molecule has 0 aliphatic rings. The van der Waals surface area contributed by atoms with Crippen molar-refractivity contribution < 1.29 is 4.79 Å². The average molecular weight is 374 g/mol. The van der Waals surface area contributed by atoms with Crippen LogP contribution in [-0.4, -0.2) is 10.9 Å². The Morgan fingerprint density at radius 3 is 2.14 bits per heavy atom. The van der Waals surface area contributed by atoms with Gasteiger partial charge in [0.2, 0.25) is 0 Å². The first-order valence-corrected chi connectivity index (χ1v) is 7.74.